The van der Waals surface area contributed by atoms with Crippen LogP contribution < -0.4 is 233 Å². The number of carbonyl (C=O) groups excluding carboxylic acids is 6. The number of ether oxygens (including phenoxy) is 6. The standard InChI is InChI=1S/C14H19O4.C14H17O4.2C5H7O2.C5H10.C5H8.4C2H6.4Rb/c2*1-2-13(15)17-9-12-7-10-5-3-4-6-11(10)8-18-14(12)16;2*1-3-5(6)7-4-2;2*1-2-4-5-3-1;4*1-2;;;;/h10-12H,1,3-9H2;3-4,10-12H,1,5-9H2;2*1,4H2,2H3;1-5H2;1-2H,3-5H2;4*1-2H3;;;;/q4*-1;;;;;;;4*+1. The first-order chi connectivity index (χ1) is 33.0. The van der Waals surface area contributed by atoms with Crippen LogP contribution in [0, 0.1) is 59.8 Å². The molecule has 0 aromatic carbocycles. The van der Waals surface area contributed by atoms with Crippen LogP contribution in [0.4, 0.5) is 0 Å². The Hall–Kier alpha value is 2.48. The summed E-state index contributed by atoms with van der Waals surface area (Å²) >= 11 is 0. The molecule has 0 aromatic heterocycles. The van der Waals surface area contributed by atoms with E-state index in [9.17, 15) is 28.8 Å². The minimum Gasteiger partial charge on any atom is -0.490 e. The molecule has 0 N–H and O–H groups in total. The molecule has 72 heavy (non-hydrogen) atoms. The predicted molar refractivity (Wildman–Crippen MR) is 271 cm³/mol. The molecular formula is C56H92O12Rb4. The zero-order valence-corrected chi connectivity index (χ0v) is 67.7. The largest absolute Gasteiger partial charge is 1.00 e. The second-order valence-corrected chi connectivity index (χ2v) is 14.9. The first-order valence-electron chi connectivity index (χ1n) is 25.5. The molecule has 392 valence electrons. The van der Waals surface area contributed by atoms with Crippen molar-refractivity contribution in [3.8, 4) is 0 Å². The van der Waals surface area contributed by atoms with Gasteiger partial charge < -0.3 is 52.7 Å². The van der Waals surface area contributed by atoms with E-state index in [0.717, 1.165) is 38.5 Å². The summed E-state index contributed by atoms with van der Waals surface area (Å²) in [5, 5.41) is 0. The average molecular weight is 1300 g/mol. The number of esters is 6. The molecule has 0 spiro atoms. The number of allylic oxidation sites excluding steroid dienone is 4. The molecule has 0 amide bonds. The van der Waals surface area contributed by atoms with Crippen LogP contribution >= 0.6 is 0 Å². The maximum atomic E-state index is 11.8. The van der Waals surface area contributed by atoms with Gasteiger partial charge in [0, 0.05) is 0 Å². The molecule has 6 aliphatic rings. The van der Waals surface area contributed by atoms with Crippen molar-refractivity contribution in [3.05, 3.63) is 74.9 Å². The smallest absolute Gasteiger partial charge is 0.490 e. The summed E-state index contributed by atoms with van der Waals surface area (Å²) in [5.74, 6) is -1.49. The van der Waals surface area contributed by atoms with Crippen LogP contribution in [0.15, 0.2) is 50.6 Å². The predicted octanol–water partition coefficient (Wildman–Crippen LogP) is 0.428. The van der Waals surface area contributed by atoms with Crippen molar-refractivity contribution >= 4 is 35.8 Å². The fourth-order valence-corrected chi connectivity index (χ4v) is 7.34. The van der Waals surface area contributed by atoms with E-state index in [2.05, 4.69) is 84.4 Å². The molecule has 2 aliphatic heterocycles. The van der Waals surface area contributed by atoms with Crippen molar-refractivity contribution in [2.75, 3.05) is 39.6 Å². The number of carbonyl (C=O) groups is 6. The number of fused-ring (bicyclic) bond motifs is 2. The fourth-order valence-electron chi connectivity index (χ4n) is 7.34. The Morgan fingerprint density at radius 1 is 0.472 bits per heavy atom. The fraction of sp³-hybridized carbons (Fsp3) is 0.679. The SMILES string of the molecule is C1=CCCC1.C1CCCC1.C=[C-]C(=O)OCC.C=[C-]C(=O)OCC.C=[C-]C(=O)OCC1CC2CC=CCC2COC1=O.C=[C-]C(=O)OCC1CC2CCCCC2COC1=O.CC.CC.CC.CC.[Rb+].[Rb+].[Rb+].[Rb+]. The van der Waals surface area contributed by atoms with Gasteiger partial charge in [-0.1, -0.05) is 131 Å². The van der Waals surface area contributed by atoms with Gasteiger partial charge in [-0.3, -0.25) is 55.1 Å². The van der Waals surface area contributed by atoms with Gasteiger partial charge in [0.1, 0.15) is 37.1 Å². The molecule has 2 saturated carbocycles. The van der Waals surface area contributed by atoms with Crippen molar-refractivity contribution < 1.29 is 290 Å². The molecule has 16 heteroatoms. The third-order valence-corrected chi connectivity index (χ3v) is 10.6. The Morgan fingerprint density at radius 3 is 1.11 bits per heavy atom. The molecule has 0 radical (unpaired) electrons. The summed E-state index contributed by atoms with van der Waals surface area (Å²) in [6.45, 7) is 34.0. The van der Waals surface area contributed by atoms with Crippen LogP contribution in [0.5, 0.6) is 0 Å². The van der Waals surface area contributed by atoms with Gasteiger partial charge in [-0.2, -0.15) is 0 Å². The molecule has 12 nitrogen and oxygen atoms in total. The van der Waals surface area contributed by atoms with E-state index >= 15 is 0 Å². The summed E-state index contributed by atoms with van der Waals surface area (Å²) in [4.78, 5) is 65.6. The number of hydrogen-bond donors (Lipinski definition) is 0. The number of cyclic esters (lactones) is 2. The zero-order valence-electron chi connectivity index (χ0n) is 48.1. The second-order valence-electron chi connectivity index (χ2n) is 14.9. The van der Waals surface area contributed by atoms with Gasteiger partial charge in [0.25, 0.3) is 0 Å². The van der Waals surface area contributed by atoms with Gasteiger partial charge in [0.05, 0.1) is 38.3 Å². The van der Waals surface area contributed by atoms with Gasteiger partial charge in [-0.25, -0.2) is 0 Å². The van der Waals surface area contributed by atoms with E-state index in [0.29, 0.717) is 50.1 Å². The van der Waals surface area contributed by atoms with Gasteiger partial charge >= 0.3 is 245 Å². The van der Waals surface area contributed by atoms with E-state index in [1.54, 1.807) is 13.8 Å². The molecule has 6 rings (SSSR count). The number of hydrogen-bond acceptors (Lipinski definition) is 12. The maximum Gasteiger partial charge on any atom is 1.00 e. The van der Waals surface area contributed by atoms with Crippen molar-refractivity contribution in [2.45, 2.75) is 172 Å². The Balaban J connectivity index is -0.000000117. The topological polar surface area (TPSA) is 158 Å². The molecule has 6 unspecified atom stereocenters. The van der Waals surface area contributed by atoms with Gasteiger partial charge in [0.2, 0.25) is 0 Å². The first-order valence-corrected chi connectivity index (χ1v) is 25.5. The van der Waals surface area contributed by atoms with E-state index in [-0.39, 0.29) is 270 Å². The summed E-state index contributed by atoms with van der Waals surface area (Å²) < 4.78 is 29.1. The van der Waals surface area contributed by atoms with Crippen molar-refractivity contribution in [1.29, 1.82) is 0 Å². The molecule has 2 saturated heterocycles. The van der Waals surface area contributed by atoms with Crippen LogP contribution in [0.25, 0.3) is 0 Å². The molecule has 2 heterocycles. The molecule has 4 fully saturated rings. The van der Waals surface area contributed by atoms with E-state index in [1.165, 1.54) is 64.2 Å². The molecule has 0 aromatic rings. The Morgan fingerprint density at radius 2 is 0.792 bits per heavy atom. The summed E-state index contributed by atoms with van der Waals surface area (Å²) in [5.41, 5.74) is 0. The third kappa shape index (κ3) is 51.9. The van der Waals surface area contributed by atoms with Gasteiger partial charge in [-0.15, -0.1) is 0 Å². The molecular weight excluding hydrogens is 1210 g/mol. The van der Waals surface area contributed by atoms with E-state index in [1.807, 2.05) is 55.4 Å². The summed E-state index contributed by atoms with van der Waals surface area (Å²) in [7, 11) is 0. The minimum absolute atomic E-state index is 0. The third-order valence-electron chi connectivity index (χ3n) is 10.6. The van der Waals surface area contributed by atoms with Crippen LogP contribution in [-0.4, -0.2) is 75.5 Å². The van der Waals surface area contributed by atoms with E-state index in [4.69, 9.17) is 18.9 Å². The quantitative estimate of drug-likeness (QED) is 0.0980. The van der Waals surface area contributed by atoms with Crippen molar-refractivity contribution in [2.24, 2.45) is 35.5 Å². The summed E-state index contributed by atoms with van der Waals surface area (Å²) in [6, 6.07) is 0. The maximum absolute atomic E-state index is 11.8. The van der Waals surface area contributed by atoms with Crippen LogP contribution in [-0.2, 0) is 57.2 Å². The Bertz CT molecular complexity index is 1380. The summed E-state index contributed by atoms with van der Waals surface area (Å²) in [6.07, 6.45) is 36.8. The van der Waals surface area contributed by atoms with E-state index < -0.39 is 23.9 Å². The second kappa shape index (κ2) is 69.6. The van der Waals surface area contributed by atoms with Crippen LogP contribution in [0.2, 0.25) is 0 Å². The number of rotatable bonds is 10. The first kappa shape index (κ1) is 91.0. The molecule has 6 atom stereocenters. The monoisotopic (exact) mass is 1300 g/mol. The van der Waals surface area contributed by atoms with Gasteiger partial charge in [0.15, 0.2) is 0 Å². The normalized spacial score (nSPS) is 20.6. The van der Waals surface area contributed by atoms with Gasteiger partial charge in [-0.05, 0) is 88.9 Å². The van der Waals surface area contributed by atoms with Crippen molar-refractivity contribution in [1.82, 2.24) is 0 Å². The Kier molecular flexibility index (Phi) is 87.9. The Labute approximate surface area is 635 Å². The average Bonchev–Trinajstić information content (AvgIpc) is 4.16. The van der Waals surface area contributed by atoms with Crippen LogP contribution in [0.1, 0.15) is 172 Å². The van der Waals surface area contributed by atoms with Crippen molar-refractivity contribution in [3.63, 3.8) is 0 Å². The van der Waals surface area contributed by atoms with Crippen LogP contribution in [0.3, 0.4) is 0 Å². The zero-order chi connectivity index (χ0) is 52.4. The molecule has 4 aliphatic carbocycles. The molecule has 0 bridgehead atoms. The minimum atomic E-state index is -0.618.